The van der Waals surface area contributed by atoms with Gasteiger partial charge in [0.1, 0.15) is 0 Å². The predicted molar refractivity (Wildman–Crippen MR) is 68.6 cm³/mol. The number of carbonyl (C=O) groups excluding carboxylic acids is 1. The van der Waals surface area contributed by atoms with Crippen molar-refractivity contribution in [2.45, 2.75) is 45.6 Å². The standard InChI is InChI=1S/C13H26N2O2/c1-10-5-3-4-6-12(10)17-8-7-15-13(16)11(2)9-14/h10-12H,3-9,14H2,1-2H3,(H,15,16). The molecule has 0 bridgehead atoms. The van der Waals surface area contributed by atoms with Crippen LogP contribution in [0.3, 0.4) is 0 Å². The second-order valence-corrected chi connectivity index (χ2v) is 5.10. The van der Waals surface area contributed by atoms with Crippen molar-refractivity contribution >= 4 is 5.91 Å². The van der Waals surface area contributed by atoms with Gasteiger partial charge in [-0.1, -0.05) is 26.7 Å². The Kier molecular flexibility index (Phi) is 6.52. The number of rotatable bonds is 6. The fourth-order valence-electron chi connectivity index (χ4n) is 2.20. The zero-order valence-corrected chi connectivity index (χ0v) is 11.1. The van der Waals surface area contributed by atoms with E-state index in [2.05, 4.69) is 12.2 Å². The summed E-state index contributed by atoms with van der Waals surface area (Å²) in [5.74, 6) is 0.568. The van der Waals surface area contributed by atoms with Crippen LogP contribution in [0.5, 0.6) is 0 Å². The summed E-state index contributed by atoms with van der Waals surface area (Å²) >= 11 is 0. The minimum atomic E-state index is -0.108. The molecule has 0 spiro atoms. The zero-order valence-electron chi connectivity index (χ0n) is 11.1. The van der Waals surface area contributed by atoms with E-state index in [4.69, 9.17) is 10.5 Å². The Morgan fingerprint density at radius 3 is 2.82 bits per heavy atom. The van der Waals surface area contributed by atoms with Crippen molar-refractivity contribution in [2.75, 3.05) is 19.7 Å². The molecule has 0 heterocycles. The van der Waals surface area contributed by atoms with E-state index in [0.717, 1.165) is 6.42 Å². The highest BCUT2D eigenvalue weighted by Crippen LogP contribution is 2.25. The summed E-state index contributed by atoms with van der Waals surface area (Å²) in [6.45, 7) is 5.68. The number of amides is 1. The van der Waals surface area contributed by atoms with Crippen molar-refractivity contribution in [1.29, 1.82) is 0 Å². The van der Waals surface area contributed by atoms with Gasteiger partial charge in [0.2, 0.25) is 5.91 Å². The van der Waals surface area contributed by atoms with E-state index in [0.29, 0.717) is 31.7 Å². The molecule has 100 valence electrons. The lowest BCUT2D eigenvalue weighted by atomic mass is 9.88. The van der Waals surface area contributed by atoms with Gasteiger partial charge in [0.15, 0.2) is 0 Å². The Hall–Kier alpha value is -0.610. The van der Waals surface area contributed by atoms with Gasteiger partial charge >= 0.3 is 0 Å². The largest absolute Gasteiger partial charge is 0.376 e. The molecule has 0 aromatic heterocycles. The molecule has 0 aromatic carbocycles. The van der Waals surface area contributed by atoms with Crippen LogP contribution in [0.15, 0.2) is 0 Å². The van der Waals surface area contributed by atoms with Gasteiger partial charge in [-0.15, -0.1) is 0 Å². The fourth-order valence-corrected chi connectivity index (χ4v) is 2.20. The molecule has 4 heteroatoms. The summed E-state index contributed by atoms with van der Waals surface area (Å²) in [5.41, 5.74) is 5.42. The smallest absolute Gasteiger partial charge is 0.224 e. The summed E-state index contributed by atoms with van der Waals surface area (Å²) in [6, 6.07) is 0. The first-order valence-electron chi connectivity index (χ1n) is 6.74. The third kappa shape index (κ3) is 5.04. The van der Waals surface area contributed by atoms with Crippen LogP contribution in [0.4, 0.5) is 0 Å². The van der Waals surface area contributed by atoms with Gasteiger partial charge in [-0.2, -0.15) is 0 Å². The van der Waals surface area contributed by atoms with Crippen molar-refractivity contribution in [3.05, 3.63) is 0 Å². The molecule has 0 saturated heterocycles. The van der Waals surface area contributed by atoms with Crippen molar-refractivity contribution < 1.29 is 9.53 Å². The lowest BCUT2D eigenvalue weighted by Crippen LogP contribution is -2.36. The van der Waals surface area contributed by atoms with Crippen molar-refractivity contribution in [3.63, 3.8) is 0 Å². The molecule has 3 atom stereocenters. The quantitative estimate of drug-likeness (QED) is 0.690. The monoisotopic (exact) mass is 242 g/mol. The third-order valence-electron chi connectivity index (χ3n) is 3.57. The summed E-state index contributed by atoms with van der Waals surface area (Å²) in [6.07, 6.45) is 5.40. The Balaban J connectivity index is 2.09. The van der Waals surface area contributed by atoms with Crippen molar-refractivity contribution in [2.24, 2.45) is 17.6 Å². The zero-order chi connectivity index (χ0) is 12.7. The molecule has 0 aromatic rings. The number of nitrogens with one attached hydrogen (secondary N) is 1. The van der Waals surface area contributed by atoms with Crippen LogP contribution in [0.2, 0.25) is 0 Å². The van der Waals surface area contributed by atoms with E-state index in [1.165, 1.54) is 19.3 Å². The Bertz CT molecular complexity index is 233. The van der Waals surface area contributed by atoms with Crippen molar-refractivity contribution in [3.8, 4) is 0 Å². The maximum atomic E-state index is 11.4. The molecule has 3 N–H and O–H groups in total. The van der Waals surface area contributed by atoms with Crippen LogP contribution < -0.4 is 11.1 Å². The normalized spacial score (nSPS) is 26.5. The fraction of sp³-hybridized carbons (Fsp3) is 0.923. The van der Waals surface area contributed by atoms with Gasteiger partial charge in [-0.3, -0.25) is 4.79 Å². The van der Waals surface area contributed by atoms with E-state index in [9.17, 15) is 4.79 Å². The van der Waals surface area contributed by atoms with E-state index < -0.39 is 0 Å². The molecule has 1 fully saturated rings. The highest BCUT2D eigenvalue weighted by atomic mass is 16.5. The van der Waals surface area contributed by atoms with Gasteiger partial charge in [-0.25, -0.2) is 0 Å². The van der Waals surface area contributed by atoms with Gasteiger partial charge in [-0.05, 0) is 18.8 Å². The second kappa shape index (κ2) is 7.67. The number of hydrogen-bond donors (Lipinski definition) is 2. The second-order valence-electron chi connectivity index (χ2n) is 5.10. The topological polar surface area (TPSA) is 64.4 Å². The maximum absolute atomic E-state index is 11.4. The summed E-state index contributed by atoms with van der Waals surface area (Å²) in [5, 5.41) is 2.84. The highest BCUT2D eigenvalue weighted by molar-refractivity contribution is 5.78. The van der Waals surface area contributed by atoms with Crippen LogP contribution in [0, 0.1) is 11.8 Å². The summed E-state index contributed by atoms with van der Waals surface area (Å²) in [7, 11) is 0. The Labute approximate surface area is 104 Å². The molecule has 3 unspecified atom stereocenters. The highest BCUT2D eigenvalue weighted by Gasteiger charge is 2.21. The number of carbonyl (C=O) groups is 1. The SMILES string of the molecule is CC(CN)C(=O)NCCOC1CCCCC1C. The molecular weight excluding hydrogens is 216 g/mol. The predicted octanol–water partition coefficient (Wildman–Crippen LogP) is 1.29. The average Bonchev–Trinajstić information content (AvgIpc) is 2.35. The molecule has 4 nitrogen and oxygen atoms in total. The molecular formula is C13H26N2O2. The molecule has 1 aliphatic rings. The summed E-state index contributed by atoms with van der Waals surface area (Å²) < 4.78 is 5.81. The van der Waals surface area contributed by atoms with Crippen LogP contribution in [0.1, 0.15) is 39.5 Å². The first-order valence-corrected chi connectivity index (χ1v) is 6.74. The van der Waals surface area contributed by atoms with Crippen LogP contribution in [0.25, 0.3) is 0 Å². The minimum Gasteiger partial charge on any atom is -0.376 e. The molecule has 1 rings (SSSR count). The average molecular weight is 242 g/mol. The van der Waals surface area contributed by atoms with E-state index >= 15 is 0 Å². The lowest BCUT2D eigenvalue weighted by molar-refractivity contribution is -0.124. The molecule has 0 radical (unpaired) electrons. The number of hydrogen-bond acceptors (Lipinski definition) is 3. The molecule has 1 saturated carbocycles. The van der Waals surface area contributed by atoms with Gasteiger partial charge in [0.25, 0.3) is 0 Å². The molecule has 0 aliphatic heterocycles. The van der Waals surface area contributed by atoms with Crippen molar-refractivity contribution in [1.82, 2.24) is 5.32 Å². The molecule has 1 aliphatic carbocycles. The number of ether oxygens (including phenoxy) is 1. The molecule has 17 heavy (non-hydrogen) atoms. The van der Waals surface area contributed by atoms with Gasteiger partial charge in [0, 0.05) is 19.0 Å². The van der Waals surface area contributed by atoms with E-state index in [-0.39, 0.29) is 11.8 Å². The van der Waals surface area contributed by atoms with E-state index in [1.807, 2.05) is 6.92 Å². The maximum Gasteiger partial charge on any atom is 0.224 e. The lowest BCUT2D eigenvalue weighted by Gasteiger charge is -2.28. The van der Waals surface area contributed by atoms with Gasteiger partial charge in [0.05, 0.1) is 12.7 Å². The van der Waals surface area contributed by atoms with Crippen LogP contribution in [-0.4, -0.2) is 31.7 Å². The Morgan fingerprint density at radius 1 is 1.47 bits per heavy atom. The Morgan fingerprint density at radius 2 is 2.18 bits per heavy atom. The first kappa shape index (κ1) is 14.5. The minimum absolute atomic E-state index is 0.0211. The van der Waals surface area contributed by atoms with Crippen LogP contribution >= 0.6 is 0 Å². The summed E-state index contributed by atoms with van der Waals surface area (Å²) in [4.78, 5) is 11.4. The van der Waals surface area contributed by atoms with Crippen LogP contribution in [-0.2, 0) is 9.53 Å². The number of nitrogens with two attached hydrogens (primary N) is 1. The van der Waals surface area contributed by atoms with Gasteiger partial charge < -0.3 is 15.8 Å². The third-order valence-corrected chi connectivity index (χ3v) is 3.57. The first-order chi connectivity index (χ1) is 8.15. The van der Waals surface area contributed by atoms with E-state index in [1.54, 1.807) is 0 Å². The molecule has 1 amide bonds.